The van der Waals surface area contributed by atoms with Gasteiger partial charge in [-0.15, -0.1) is 0 Å². The van der Waals surface area contributed by atoms with E-state index in [9.17, 15) is 8.42 Å². The van der Waals surface area contributed by atoms with E-state index in [2.05, 4.69) is 10.2 Å². The molecule has 7 heteroatoms. The minimum Gasteiger partial charge on any atom is -0.326 e. The molecule has 1 aliphatic carbocycles. The number of aryl methyl sites for hydroxylation is 1. The van der Waals surface area contributed by atoms with E-state index in [4.69, 9.17) is 5.73 Å². The van der Waals surface area contributed by atoms with Crippen LogP contribution in [0.15, 0.2) is 5.03 Å². The predicted octanol–water partition coefficient (Wildman–Crippen LogP) is 1.52. The van der Waals surface area contributed by atoms with Gasteiger partial charge in [0.2, 0.25) is 0 Å². The Morgan fingerprint density at radius 3 is 2.43 bits per heavy atom. The summed E-state index contributed by atoms with van der Waals surface area (Å²) < 4.78 is 27.1. The monoisotopic (exact) mass is 312 g/mol. The highest BCUT2D eigenvalue weighted by Gasteiger charge is 2.41. The van der Waals surface area contributed by atoms with Crippen LogP contribution in [-0.4, -0.2) is 36.0 Å². The van der Waals surface area contributed by atoms with Gasteiger partial charge in [0, 0.05) is 30.9 Å². The number of aromatic amines is 1. The van der Waals surface area contributed by atoms with E-state index in [1.807, 2.05) is 0 Å². The first-order valence-electron chi connectivity index (χ1n) is 7.73. The lowest BCUT2D eigenvalue weighted by Crippen LogP contribution is -2.42. The Morgan fingerprint density at radius 2 is 1.86 bits per heavy atom. The second-order valence-corrected chi connectivity index (χ2v) is 8.30. The van der Waals surface area contributed by atoms with Crippen LogP contribution >= 0.6 is 0 Å². The van der Waals surface area contributed by atoms with Gasteiger partial charge in [-0.3, -0.25) is 5.10 Å². The zero-order valence-corrected chi connectivity index (χ0v) is 13.4. The summed E-state index contributed by atoms with van der Waals surface area (Å²) in [5.41, 5.74) is 7.42. The van der Waals surface area contributed by atoms with Crippen molar-refractivity contribution in [3.05, 3.63) is 11.3 Å². The average molecular weight is 312 g/mol. The van der Waals surface area contributed by atoms with Crippen molar-refractivity contribution in [2.75, 3.05) is 13.1 Å². The van der Waals surface area contributed by atoms with Gasteiger partial charge in [-0.1, -0.05) is 12.8 Å². The van der Waals surface area contributed by atoms with Crippen LogP contribution in [0.1, 0.15) is 49.8 Å². The van der Waals surface area contributed by atoms with E-state index < -0.39 is 10.0 Å². The van der Waals surface area contributed by atoms with E-state index in [1.54, 1.807) is 11.2 Å². The first kappa shape index (κ1) is 15.0. The SMILES string of the molecule is Cc1[nH]nc(S(=O)(=O)N2CCC3(CCCC3)CC2)c1CN. The summed E-state index contributed by atoms with van der Waals surface area (Å²) in [5, 5.41) is 6.85. The molecule has 1 saturated heterocycles. The van der Waals surface area contributed by atoms with Crippen LogP contribution in [0.25, 0.3) is 0 Å². The Morgan fingerprint density at radius 1 is 1.24 bits per heavy atom. The number of rotatable bonds is 3. The number of hydrogen-bond donors (Lipinski definition) is 2. The summed E-state index contributed by atoms with van der Waals surface area (Å²) in [4.78, 5) is 0. The van der Waals surface area contributed by atoms with Gasteiger partial charge in [-0.25, -0.2) is 8.42 Å². The van der Waals surface area contributed by atoms with E-state index in [0.717, 1.165) is 18.5 Å². The summed E-state index contributed by atoms with van der Waals surface area (Å²) in [7, 11) is -3.52. The number of aromatic nitrogens is 2. The number of hydrogen-bond acceptors (Lipinski definition) is 4. The molecule has 0 radical (unpaired) electrons. The Hall–Kier alpha value is -0.920. The van der Waals surface area contributed by atoms with Crippen molar-refractivity contribution in [3.63, 3.8) is 0 Å². The molecule has 21 heavy (non-hydrogen) atoms. The molecule has 118 valence electrons. The molecule has 3 rings (SSSR count). The van der Waals surface area contributed by atoms with Gasteiger partial charge in [0.05, 0.1) is 0 Å². The fraction of sp³-hybridized carbons (Fsp3) is 0.786. The first-order valence-corrected chi connectivity index (χ1v) is 9.17. The van der Waals surface area contributed by atoms with Gasteiger partial charge in [0.1, 0.15) is 0 Å². The molecule has 1 saturated carbocycles. The van der Waals surface area contributed by atoms with Crippen LogP contribution in [0.2, 0.25) is 0 Å². The van der Waals surface area contributed by atoms with Crippen LogP contribution in [0.5, 0.6) is 0 Å². The van der Waals surface area contributed by atoms with Gasteiger partial charge in [-0.2, -0.15) is 9.40 Å². The molecular weight excluding hydrogens is 288 g/mol. The largest absolute Gasteiger partial charge is 0.326 e. The molecule has 0 bridgehead atoms. The maximum Gasteiger partial charge on any atom is 0.262 e. The first-order chi connectivity index (χ1) is 9.98. The van der Waals surface area contributed by atoms with Gasteiger partial charge >= 0.3 is 0 Å². The van der Waals surface area contributed by atoms with E-state index in [-0.39, 0.29) is 11.6 Å². The lowest BCUT2D eigenvalue weighted by atomic mass is 9.78. The van der Waals surface area contributed by atoms with E-state index in [0.29, 0.717) is 24.1 Å². The van der Waals surface area contributed by atoms with Crippen LogP contribution < -0.4 is 5.73 Å². The second-order valence-electron chi connectivity index (χ2n) is 6.45. The van der Waals surface area contributed by atoms with Gasteiger partial charge < -0.3 is 5.73 Å². The van der Waals surface area contributed by atoms with Crippen molar-refractivity contribution in [2.45, 2.75) is 57.0 Å². The molecule has 2 fully saturated rings. The van der Waals surface area contributed by atoms with Crippen molar-refractivity contribution < 1.29 is 8.42 Å². The van der Waals surface area contributed by atoms with Crippen molar-refractivity contribution in [2.24, 2.45) is 11.1 Å². The van der Waals surface area contributed by atoms with Crippen molar-refractivity contribution in [1.82, 2.24) is 14.5 Å². The smallest absolute Gasteiger partial charge is 0.262 e. The molecule has 0 amide bonds. The molecule has 0 unspecified atom stereocenters. The normalized spacial score (nSPS) is 23.0. The number of H-pyrrole nitrogens is 1. The molecule has 0 atom stereocenters. The van der Waals surface area contributed by atoms with Crippen LogP contribution in [0.4, 0.5) is 0 Å². The summed E-state index contributed by atoms with van der Waals surface area (Å²) in [6, 6.07) is 0. The molecule has 1 spiro atoms. The molecule has 1 aromatic heterocycles. The summed E-state index contributed by atoms with van der Waals surface area (Å²) in [6.07, 6.45) is 7.07. The highest BCUT2D eigenvalue weighted by molar-refractivity contribution is 7.89. The zero-order valence-electron chi connectivity index (χ0n) is 12.6. The Balaban J connectivity index is 1.80. The third-order valence-electron chi connectivity index (χ3n) is 5.27. The fourth-order valence-corrected chi connectivity index (χ4v) is 5.45. The minimum atomic E-state index is -3.52. The minimum absolute atomic E-state index is 0.116. The maximum absolute atomic E-state index is 12.8. The van der Waals surface area contributed by atoms with Crippen molar-refractivity contribution in [1.29, 1.82) is 0 Å². The quantitative estimate of drug-likeness (QED) is 0.885. The average Bonchev–Trinajstić information content (AvgIpc) is 3.06. The highest BCUT2D eigenvalue weighted by atomic mass is 32.2. The van der Waals surface area contributed by atoms with Crippen molar-refractivity contribution in [3.8, 4) is 0 Å². The summed E-state index contributed by atoms with van der Waals surface area (Å²) in [5.74, 6) is 0. The predicted molar refractivity (Wildman–Crippen MR) is 80.1 cm³/mol. The lowest BCUT2D eigenvalue weighted by molar-refractivity contribution is 0.160. The molecule has 3 N–H and O–H groups in total. The van der Waals surface area contributed by atoms with Gasteiger partial charge in [0.15, 0.2) is 5.03 Å². The topological polar surface area (TPSA) is 92.1 Å². The zero-order chi connectivity index (χ0) is 15.1. The van der Waals surface area contributed by atoms with Crippen LogP contribution in [0.3, 0.4) is 0 Å². The van der Waals surface area contributed by atoms with E-state index in [1.165, 1.54) is 25.7 Å². The molecule has 1 aromatic rings. The van der Waals surface area contributed by atoms with Crippen LogP contribution in [-0.2, 0) is 16.6 Å². The number of nitrogens with two attached hydrogens (primary N) is 1. The highest BCUT2D eigenvalue weighted by Crippen LogP contribution is 2.46. The molecule has 6 nitrogen and oxygen atoms in total. The number of sulfonamides is 1. The third-order valence-corrected chi connectivity index (χ3v) is 7.14. The lowest BCUT2D eigenvalue weighted by Gasteiger charge is -2.38. The standard InChI is InChI=1S/C14H24N4O2S/c1-11-12(10-15)13(17-16-11)21(19,20)18-8-6-14(7-9-18)4-2-3-5-14/h2-10,15H2,1H3,(H,16,17). The molecule has 2 aliphatic rings. The number of nitrogens with one attached hydrogen (secondary N) is 1. The maximum atomic E-state index is 12.8. The summed E-state index contributed by atoms with van der Waals surface area (Å²) in [6.45, 7) is 3.21. The summed E-state index contributed by atoms with van der Waals surface area (Å²) >= 11 is 0. The van der Waals surface area contributed by atoms with Gasteiger partial charge in [-0.05, 0) is 38.0 Å². The fourth-order valence-electron chi connectivity index (χ4n) is 3.83. The number of piperidine rings is 1. The Bertz CT molecular complexity index is 607. The molecule has 0 aromatic carbocycles. The third kappa shape index (κ3) is 2.51. The van der Waals surface area contributed by atoms with Crippen molar-refractivity contribution >= 4 is 10.0 Å². The Kier molecular flexibility index (Phi) is 3.83. The molecular formula is C14H24N4O2S. The Labute approximate surface area is 126 Å². The molecule has 2 heterocycles. The molecule has 1 aliphatic heterocycles. The van der Waals surface area contributed by atoms with E-state index >= 15 is 0 Å². The number of nitrogens with zero attached hydrogens (tertiary/aromatic N) is 2. The van der Waals surface area contributed by atoms with Gasteiger partial charge in [0.25, 0.3) is 10.0 Å². The van der Waals surface area contributed by atoms with Crippen LogP contribution in [0, 0.1) is 12.3 Å². The second kappa shape index (κ2) is 5.37.